The van der Waals surface area contributed by atoms with Gasteiger partial charge in [0.1, 0.15) is 23.3 Å². The lowest BCUT2D eigenvalue weighted by molar-refractivity contribution is -0.0365. The summed E-state index contributed by atoms with van der Waals surface area (Å²) in [7, 11) is -5.53. The third kappa shape index (κ3) is 9.01. The highest BCUT2D eigenvalue weighted by Gasteiger charge is 2.39. The van der Waals surface area contributed by atoms with Gasteiger partial charge in [0.05, 0.1) is 30.7 Å². The second-order valence-electron chi connectivity index (χ2n) is 13.0. The van der Waals surface area contributed by atoms with Gasteiger partial charge in [0.25, 0.3) is 10.1 Å². The topological polar surface area (TPSA) is 111 Å². The number of aromatic nitrogens is 3. The second kappa shape index (κ2) is 13.6. The van der Waals surface area contributed by atoms with Crippen molar-refractivity contribution in [1.29, 1.82) is 0 Å². The highest BCUT2D eigenvalue weighted by Crippen LogP contribution is 2.40. The normalized spacial score (nSPS) is 18.0. The van der Waals surface area contributed by atoms with Crippen LogP contribution in [-0.4, -0.2) is 69.8 Å². The molecule has 0 saturated carbocycles. The van der Waals surface area contributed by atoms with Crippen molar-refractivity contribution >= 4 is 29.3 Å². The summed E-state index contributed by atoms with van der Waals surface area (Å²) in [5.74, 6) is 1.44. The Balaban J connectivity index is 1.54. The van der Waals surface area contributed by atoms with Gasteiger partial charge in [-0.15, -0.1) is 0 Å². The molecule has 0 radical (unpaired) electrons. The molecule has 12 heteroatoms. The lowest BCUT2D eigenvalue weighted by Crippen LogP contribution is -2.43. The van der Waals surface area contributed by atoms with E-state index in [0.717, 1.165) is 60.0 Å². The molecule has 43 heavy (non-hydrogen) atoms. The van der Waals surface area contributed by atoms with E-state index in [0.29, 0.717) is 25.4 Å². The molecule has 238 valence electrons. The zero-order valence-electron chi connectivity index (χ0n) is 26.8. The van der Waals surface area contributed by atoms with Gasteiger partial charge in [0.15, 0.2) is 6.23 Å². The van der Waals surface area contributed by atoms with E-state index < -0.39 is 24.5 Å². The lowest BCUT2D eigenvalue weighted by atomic mass is 10.1. The SMILES string of the molecule is CC(COCCC(C)OS(C)(=O)=O)Oc1cncc(-c2nn(C3CCCCO3)c3ccc(O[Si](C)(C)C(C)(C)C)cc23)c1. The second-order valence-corrected chi connectivity index (χ2v) is 19.3. The number of fused-ring (bicyclic) bond motifs is 1. The van der Waals surface area contributed by atoms with Crippen molar-refractivity contribution in [3.63, 3.8) is 0 Å². The standard InChI is InChI=1S/C31H47N3O7SSi/c1-22(40-42(6,35)36)14-16-37-21-23(2)39-26-17-24(19-32-20-26)30-27-18-25(41-43(7,8)31(3,4)5)12-13-28(27)34(33-30)29-11-9-10-15-38-29/h12-13,17-20,22-23,29H,9-11,14-16,21H2,1-8H3. The van der Waals surface area contributed by atoms with Crippen LogP contribution in [0.1, 0.15) is 66.5 Å². The monoisotopic (exact) mass is 633 g/mol. The molecule has 0 amide bonds. The molecule has 1 aliphatic rings. The fourth-order valence-corrected chi connectivity index (χ4v) is 6.42. The van der Waals surface area contributed by atoms with Crippen LogP contribution in [-0.2, 0) is 23.8 Å². The van der Waals surface area contributed by atoms with Crippen LogP contribution in [0.25, 0.3) is 22.2 Å². The number of hydrogen-bond acceptors (Lipinski definition) is 9. The van der Waals surface area contributed by atoms with E-state index in [2.05, 4.69) is 51.0 Å². The van der Waals surface area contributed by atoms with Crippen LogP contribution in [0.5, 0.6) is 11.5 Å². The largest absolute Gasteiger partial charge is 0.543 e. The Kier molecular flexibility index (Phi) is 10.6. The Hall–Kier alpha value is -2.51. The summed E-state index contributed by atoms with van der Waals surface area (Å²) in [6, 6.07) is 8.17. The van der Waals surface area contributed by atoms with Crippen LogP contribution >= 0.6 is 0 Å². The first-order valence-electron chi connectivity index (χ1n) is 15.0. The van der Waals surface area contributed by atoms with Crippen molar-refractivity contribution in [2.24, 2.45) is 0 Å². The van der Waals surface area contributed by atoms with E-state index in [9.17, 15) is 8.42 Å². The average molecular weight is 634 g/mol. The molecule has 1 aliphatic heterocycles. The van der Waals surface area contributed by atoms with Crippen LogP contribution in [0.4, 0.5) is 0 Å². The minimum atomic E-state index is -3.49. The fourth-order valence-electron chi connectivity index (χ4n) is 4.70. The van der Waals surface area contributed by atoms with E-state index in [-0.39, 0.29) is 17.4 Å². The van der Waals surface area contributed by atoms with Crippen molar-refractivity contribution in [3.8, 4) is 22.8 Å². The Morgan fingerprint density at radius 3 is 2.53 bits per heavy atom. The van der Waals surface area contributed by atoms with Gasteiger partial charge < -0.3 is 18.6 Å². The van der Waals surface area contributed by atoms with Crippen LogP contribution < -0.4 is 9.16 Å². The average Bonchev–Trinajstić information content (AvgIpc) is 3.29. The first kappa shape index (κ1) is 33.4. The van der Waals surface area contributed by atoms with Gasteiger partial charge in [0.2, 0.25) is 8.32 Å². The molecule has 4 rings (SSSR count). The molecule has 2 aromatic heterocycles. The Bertz CT molecular complexity index is 1480. The number of nitrogens with zero attached hydrogens (tertiary/aromatic N) is 3. The summed E-state index contributed by atoms with van der Waals surface area (Å²) in [6.45, 7) is 16.2. The Labute approximate surface area is 257 Å². The van der Waals surface area contributed by atoms with Crippen molar-refractivity contribution in [1.82, 2.24) is 14.8 Å². The third-order valence-corrected chi connectivity index (χ3v) is 13.0. The molecule has 10 nitrogen and oxygen atoms in total. The molecule has 3 aromatic rings. The maximum atomic E-state index is 11.3. The first-order chi connectivity index (χ1) is 20.1. The molecule has 0 aliphatic carbocycles. The van der Waals surface area contributed by atoms with E-state index in [1.54, 1.807) is 19.3 Å². The highest BCUT2D eigenvalue weighted by atomic mass is 32.2. The predicted molar refractivity (Wildman–Crippen MR) is 171 cm³/mol. The Morgan fingerprint density at radius 1 is 1.09 bits per heavy atom. The summed E-state index contributed by atoms with van der Waals surface area (Å²) >= 11 is 0. The summed E-state index contributed by atoms with van der Waals surface area (Å²) in [6.07, 6.45) is 7.23. The summed E-state index contributed by atoms with van der Waals surface area (Å²) in [5.41, 5.74) is 2.62. The van der Waals surface area contributed by atoms with Crippen LogP contribution in [0.2, 0.25) is 18.1 Å². The highest BCUT2D eigenvalue weighted by molar-refractivity contribution is 7.86. The minimum Gasteiger partial charge on any atom is -0.543 e. The molecule has 1 fully saturated rings. The van der Waals surface area contributed by atoms with E-state index in [1.165, 1.54) is 0 Å². The van der Waals surface area contributed by atoms with Crippen molar-refractivity contribution in [3.05, 3.63) is 36.7 Å². The number of pyridine rings is 1. The molecular weight excluding hydrogens is 587 g/mol. The number of rotatable bonds is 13. The van der Waals surface area contributed by atoms with Gasteiger partial charge in [-0.3, -0.25) is 9.17 Å². The van der Waals surface area contributed by atoms with Crippen molar-refractivity contribution in [2.75, 3.05) is 26.1 Å². The number of hydrogen-bond donors (Lipinski definition) is 0. The number of benzene rings is 1. The molecule has 3 unspecified atom stereocenters. The summed E-state index contributed by atoms with van der Waals surface area (Å²) in [5, 5.41) is 6.12. The molecule has 0 spiro atoms. The molecule has 0 N–H and O–H groups in total. The first-order valence-corrected chi connectivity index (χ1v) is 19.8. The van der Waals surface area contributed by atoms with Crippen LogP contribution in [0.3, 0.4) is 0 Å². The zero-order chi connectivity index (χ0) is 31.4. The van der Waals surface area contributed by atoms with Crippen molar-refractivity contribution in [2.45, 2.75) is 96.9 Å². The molecule has 3 heterocycles. The van der Waals surface area contributed by atoms with Crippen LogP contribution in [0.15, 0.2) is 36.7 Å². The number of ether oxygens (including phenoxy) is 3. The van der Waals surface area contributed by atoms with E-state index in [4.69, 9.17) is 27.9 Å². The van der Waals surface area contributed by atoms with Crippen molar-refractivity contribution < 1.29 is 31.2 Å². The summed E-state index contributed by atoms with van der Waals surface area (Å²) < 4.78 is 54.1. The van der Waals surface area contributed by atoms with E-state index in [1.807, 2.05) is 23.7 Å². The van der Waals surface area contributed by atoms with Gasteiger partial charge in [-0.2, -0.15) is 13.5 Å². The predicted octanol–water partition coefficient (Wildman–Crippen LogP) is 6.72. The van der Waals surface area contributed by atoms with Gasteiger partial charge in [-0.25, -0.2) is 4.68 Å². The van der Waals surface area contributed by atoms with Crippen LogP contribution in [0, 0.1) is 0 Å². The maximum Gasteiger partial charge on any atom is 0.264 e. The lowest BCUT2D eigenvalue weighted by Gasteiger charge is -2.36. The van der Waals surface area contributed by atoms with Gasteiger partial charge >= 0.3 is 0 Å². The molecule has 1 saturated heterocycles. The van der Waals surface area contributed by atoms with Gasteiger partial charge in [-0.05, 0) is 81.9 Å². The summed E-state index contributed by atoms with van der Waals surface area (Å²) in [4.78, 5) is 4.47. The quantitative estimate of drug-likeness (QED) is 0.115. The van der Waals surface area contributed by atoms with E-state index >= 15 is 0 Å². The zero-order valence-corrected chi connectivity index (χ0v) is 28.6. The fraction of sp³-hybridized carbons (Fsp3) is 0.613. The molecule has 1 aromatic carbocycles. The minimum absolute atomic E-state index is 0.0725. The molecule has 0 bridgehead atoms. The smallest absolute Gasteiger partial charge is 0.264 e. The van der Waals surface area contributed by atoms with Gasteiger partial charge in [0, 0.05) is 30.4 Å². The maximum absolute atomic E-state index is 11.3. The van der Waals surface area contributed by atoms with Gasteiger partial charge in [-0.1, -0.05) is 20.8 Å². The third-order valence-electron chi connectivity index (χ3n) is 7.97. The molecular formula is C31H47N3O7SSi. The Morgan fingerprint density at radius 2 is 1.86 bits per heavy atom. The molecule has 3 atom stereocenters.